The van der Waals surface area contributed by atoms with Gasteiger partial charge < -0.3 is 5.32 Å². The van der Waals surface area contributed by atoms with Gasteiger partial charge >= 0.3 is 0 Å². The smallest absolute Gasteiger partial charge is 0.223 e. The molecule has 3 nitrogen and oxygen atoms in total. The van der Waals surface area contributed by atoms with Crippen LogP contribution in [0.3, 0.4) is 0 Å². The summed E-state index contributed by atoms with van der Waals surface area (Å²) in [6.07, 6.45) is 3.70. The molecule has 0 saturated heterocycles. The Balaban J connectivity index is 2.70. The Bertz CT molecular complexity index is 360. The van der Waals surface area contributed by atoms with Crippen molar-refractivity contribution in [3.05, 3.63) is 30.1 Å². The van der Waals surface area contributed by atoms with Gasteiger partial charge in [-0.15, -0.1) is 0 Å². The van der Waals surface area contributed by atoms with Gasteiger partial charge in [-0.2, -0.15) is 0 Å². The maximum Gasteiger partial charge on any atom is 0.223 e. The lowest BCUT2D eigenvalue weighted by Gasteiger charge is -2.27. The van der Waals surface area contributed by atoms with Crippen molar-refractivity contribution in [1.29, 1.82) is 0 Å². The van der Waals surface area contributed by atoms with Crippen LogP contribution >= 0.6 is 0 Å². The van der Waals surface area contributed by atoms with Crippen molar-refractivity contribution < 1.29 is 4.79 Å². The van der Waals surface area contributed by atoms with E-state index in [4.69, 9.17) is 0 Å². The highest BCUT2D eigenvalue weighted by molar-refractivity contribution is 5.79. The molecule has 1 unspecified atom stereocenters. The quantitative estimate of drug-likeness (QED) is 0.851. The summed E-state index contributed by atoms with van der Waals surface area (Å²) in [5.41, 5.74) is 0.470. The van der Waals surface area contributed by atoms with E-state index in [1.54, 1.807) is 6.20 Å². The number of nitrogens with one attached hydrogen (secondary N) is 1. The van der Waals surface area contributed by atoms with E-state index >= 15 is 0 Å². The number of carbonyl (C=O) groups is 1. The highest BCUT2D eigenvalue weighted by Crippen LogP contribution is 2.18. The molecule has 0 spiro atoms. The molecule has 0 aliphatic carbocycles. The van der Waals surface area contributed by atoms with Gasteiger partial charge in [-0.25, -0.2) is 0 Å². The zero-order valence-electron chi connectivity index (χ0n) is 11.2. The summed E-state index contributed by atoms with van der Waals surface area (Å²) in [4.78, 5) is 16.3. The Morgan fingerprint density at radius 2 is 2.18 bits per heavy atom. The second-order valence-corrected chi connectivity index (χ2v) is 5.02. The first-order valence-electron chi connectivity index (χ1n) is 6.21. The molecule has 0 bridgehead atoms. The summed E-state index contributed by atoms with van der Waals surface area (Å²) in [5.74, 6) is 0.158. The molecule has 0 saturated carbocycles. The topological polar surface area (TPSA) is 42.0 Å². The Labute approximate surface area is 104 Å². The highest BCUT2D eigenvalue weighted by Gasteiger charge is 2.25. The van der Waals surface area contributed by atoms with Crippen LogP contribution in [-0.2, 0) is 10.3 Å². The summed E-state index contributed by atoms with van der Waals surface area (Å²) < 4.78 is 0. The van der Waals surface area contributed by atoms with Crippen molar-refractivity contribution in [2.24, 2.45) is 5.92 Å². The predicted octanol–water partition coefficient (Wildman–Crippen LogP) is 2.87. The lowest BCUT2D eigenvalue weighted by atomic mass is 9.97. The summed E-state index contributed by atoms with van der Waals surface area (Å²) >= 11 is 0. The van der Waals surface area contributed by atoms with Gasteiger partial charge in [0.25, 0.3) is 0 Å². The second kappa shape index (κ2) is 5.80. The molecule has 1 atom stereocenters. The minimum atomic E-state index is -0.416. The molecular formula is C14H22N2O. The largest absolute Gasteiger partial charge is 0.345 e. The van der Waals surface area contributed by atoms with Crippen molar-refractivity contribution in [3.8, 4) is 0 Å². The average Bonchev–Trinajstić information content (AvgIpc) is 2.30. The lowest BCUT2D eigenvalue weighted by molar-refractivity contribution is -0.126. The van der Waals surface area contributed by atoms with Gasteiger partial charge in [-0.05, 0) is 32.4 Å². The molecule has 1 rings (SSSR count). The molecule has 1 aromatic heterocycles. The first kappa shape index (κ1) is 13.7. The number of pyridine rings is 1. The summed E-state index contributed by atoms with van der Waals surface area (Å²) in [6.45, 7) is 8.01. The lowest BCUT2D eigenvalue weighted by Crippen LogP contribution is -2.44. The van der Waals surface area contributed by atoms with Gasteiger partial charge in [-0.3, -0.25) is 9.78 Å². The second-order valence-electron chi connectivity index (χ2n) is 5.02. The van der Waals surface area contributed by atoms with Crippen molar-refractivity contribution in [1.82, 2.24) is 10.3 Å². The normalized spacial score (nSPS) is 13.2. The Morgan fingerprint density at radius 1 is 1.47 bits per heavy atom. The molecule has 3 heteroatoms. The Hall–Kier alpha value is -1.38. The fourth-order valence-corrected chi connectivity index (χ4v) is 1.79. The van der Waals surface area contributed by atoms with Gasteiger partial charge in [0.1, 0.15) is 0 Å². The van der Waals surface area contributed by atoms with Gasteiger partial charge in [0, 0.05) is 12.1 Å². The standard InChI is InChI=1S/C14H22N2O/c1-5-8-11(2)13(17)16-14(3,4)12-9-6-7-10-15-12/h6-7,9-11H,5,8H2,1-4H3,(H,16,17). The summed E-state index contributed by atoms with van der Waals surface area (Å²) in [7, 11) is 0. The number of hydrogen-bond acceptors (Lipinski definition) is 2. The SMILES string of the molecule is CCCC(C)C(=O)NC(C)(C)c1ccccn1. The van der Waals surface area contributed by atoms with Gasteiger partial charge in [0.2, 0.25) is 5.91 Å². The molecule has 0 aromatic carbocycles. The van der Waals surface area contributed by atoms with Crippen LogP contribution in [0, 0.1) is 5.92 Å². The monoisotopic (exact) mass is 234 g/mol. The van der Waals surface area contributed by atoms with Gasteiger partial charge in [0.15, 0.2) is 0 Å². The van der Waals surface area contributed by atoms with Crippen LogP contribution in [-0.4, -0.2) is 10.9 Å². The molecule has 17 heavy (non-hydrogen) atoms. The molecule has 0 aliphatic rings. The van der Waals surface area contributed by atoms with Crippen LogP contribution in [0.25, 0.3) is 0 Å². The first-order chi connectivity index (χ1) is 7.97. The first-order valence-corrected chi connectivity index (χ1v) is 6.21. The number of amides is 1. The van der Waals surface area contributed by atoms with Crippen molar-refractivity contribution in [2.75, 3.05) is 0 Å². The minimum absolute atomic E-state index is 0.0583. The molecule has 0 aliphatic heterocycles. The van der Waals surface area contributed by atoms with E-state index in [1.165, 1.54) is 0 Å². The third-order valence-electron chi connectivity index (χ3n) is 2.91. The van der Waals surface area contributed by atoms with E-state index < -0.39 is 5.54 Å². The van der Waals surface area contributed by atoms with E-state index in [2.05, 4.69) is 17.2 Å². The van der Waals surface area contributed by atoms with E-state index in [0.717, 1.165) is 18.5 Å². The van der Waals surface area contributed by atoms with Crippen LogP contribution in [0.1, 0.15) is 46.2 Å². The highest BCUT2D eigenvalue weighted by atomic mass is 16.2. The Morgan fingerprint density at radius 3 is 2.71 bits per heavy atom. The van der Waals surface area contributed by atoms with Crippen LogP contribution < -0.4 is 5.32 Å². The molecule has 1 N–H and O–H groups in total. The number of aromatic nitrogens is 1. The summed E-state index contributed by atoms with van der Waals surface area (Å²) in [5, 5.41) is 3.06. The van der Waals surface area contributed by atoms with Crippen molar-refractivity contribution in [3.63, 3.8) is 0 Å². The van der Waals surface area contributed by atoms with E-state index in [0.29, 0.717) is 0 Å². The third kappa shape index (κ3) is 3.84. The molecule has 1 aromatic rings. The Kier molecular flexibility index (Phi) is 4.67. The molecule has 0 radical (unpaired) electrons. The predicted molar refractivity (Wildman–Crippen MR) is 69.5 cm³/mol. The van der Waals surface area contributed by atoms with Crippen LogP contribution in [0.2, 0.25) is 0 Å². The van der Waals surface area contributed by atoms with Gasteiger partial charge in [0.05, 0.1) is 11.2 Å². The third-order valence-corrected chi connectivity index (χ3v) is 2.91. The van der Waals surface area contributed by atoms with Crippen molar-refractivity contribution in [2.45, 2.75) is 46.1 Å². The van der Waals surface area contributed by atoms with E-state index in [-0.39, 0.29) is 11.8 Å². The van der Waals surface area contributed by atoms with Crippen molar-refractivity contribution >= 4 is 5.91 Å². The average molecular weight is 234 g/mol. The minimum Gasteiger partial charge on any atom is -0.345 e. The molecular weight excluding hydrogens is 212 g/mol. The maximum atomic E-state index is 12.0. The molecule has 1 heterocycles. The molecule has 0 fully saturated rings. The number of carbonyl (C=O) groups excluding carboxylic acids is 1. The number of hydrogen-bond donors (Lipinski definition) is 1. The van der Waals surface area contributed by atoms with E-state index in [1.807, 2.05) is 39.0 Å². The summed E-state index contributed by atoms with van der Waals surface area (Å²) in [6, 6.07) is 5.75. The van der Waals surface area contributed by atoms with Crippen LogP contribution in [0.5, 0.6) is 0 Å². The molecule has 94 valence electrons. The van der Waals surface area contributed by atoms with Crippen LogP contribution in [0.4, 0.5) is 0 Å². The fourth-order valence-electron chi connectivity index (χ4n) is 1.79. The van der Waals surface area contributed by atoms with Crippen LogP contribution in [0.15, 0.2) is 24.4 Å². The zero-order valence-corrected chi connectivity index (χ0v) is 11.2. The maximum absolute atomic E-state index is 12.0. The fraction of sp³-hybridized carbons (Fsp3) is 0.571. The number of nitrogens with zero attached hydrogens (tertiary/aromatic N) is 1. The molecule has 1 amide bonds. The van der Waals surface area contributed by atoms with Gasteiger partial charge in [-0.1, -0.05) is 26.3 Å². The zero-order chi connectivity index (χ0) is 12.9. The number of rotatable bonds is 5. The van der Waals surface area contributed by atoms with E-state index in [9.17, 15) is 4.79 Å².